The minimum absolute atomic E-state index is 0.0833. The van der Waals surface area contributed by atoms with Gasteiger partial charge < -0.3 is 24.7 Å². The van der Waals surface area contributed by atoms with Crippen molar-refractivity contribution in [3.8, 4) is 22.8 Å². The number of aliphatic carboxylic acids is 1. The Labute approximate surface area is 152 Å². The molecule has 0 aliphatic rings. The summed E-state index contributed by atoms with van der Waals surface area (Å²) in [6.07, 6.45) is 0. The van der Waals surface area contributed by atoms with Gasteiger partial charge in [0.15, 0.2) is 0 Å². The first-order valence-corrected chi connectivity index (χ1v) is 7.85. The fourth-order valence-corrected chi connectivity index (χ4v) is 2.68. The molecule has 0 radical (unpaired) electrons. The van der Waals surface area contributed by atoms with Gasteiger partial charge >= 0.3 is 11.6 Å². The molecule has 0 aliphatic heterocycles. The number of nitrogens with one attached hydrogen (secondary N) is 1. The Balaban J connectivity index is 2.18. The maximum absolute atomic E-state index is 12.3. The highest BCUT2D eigenvalue weighted by Gasteiger charge is 2.21. The highest BCUT2D eigenvalue weighted by Crippen LogP contribution is 2.30. The molecule has 2 aromatic carbocycles. The summed E-state index contributed by atoms with van der Waals surface area (Å²) < 4.78 is 9.90. The van der Waals surface area contributed by atoms with Crippen molar-refractivity contribution in [2.75, 3.05) is 13.7 Å². The van der Waals surface area contributed by atoms with Crippen LogP contribution in [0.3, 0.4) is 0 Å². The van der Waals surface area contributed by atoms with Gasteiger partial charge in [-0.15, -0.1) is 0 Å². The SMILES string of the molecule is COc1cccc(-c2ccc3c(=O)oc(O)c(C(=O)NCC(=O)O)c3c2)c1. The van der Waals surface area contributed by atoms with Crippen molar-refractivity contribution in [3.63, 3.8) is 0 Å². The number of fused-ring (bicyclic) bond motifs is 1. The van der Waals surface area contributed by atoms with Crippen LogP contribution >= 0.6 is 0 Å². The summed E-state index contributed by atoms with van der Waals surface area (Å²) in [5, 5.41) is 21.1. The molecule has 0 bridgehead atoms. The highest BCUT2D eigenvalue weighted by molar-refractivity contribution is 6.09. The van der Waals surface area contributed by atoms with E-state index >= 15 is 0 Å². The smallest absolute Gasteiger partial charge is 0.346 e. The van der Waals surface area contributed by atoms with Gasteiger partial charge in [0.2, 0.25) is 0 Å². The molecule has 0 fully saturated rings. The first kappa shape index (κ1) is 18.0. The molecule has 0 saturated heterocycles. The molecule has 0 atom stereocenters. The summed E-state index contributed by atoms with van der Waals surface area (Å²) in [5.41, 5.74) is 0.310. The molecule has 3 N–H and O–H groups in total. The van der Waals surface area contributed by atoms with Gasteiger partial charge in [0, 0.05) is 5.39 Å². The molecule has 27 heavy (non-hydrogen) atoms. The van der Waals surface area contributed by atoms with Gasteiger partial charge in [-0.05, 0) is 35.4 Å². The van der Waals surface area contributed by atoms with Gasteiger partial charge in [0.05, 0.1) is 12.5 Å². The van der Waals surface area contributed by atoms with Gasteiger partial charge in [-0.3, -0.25) is 9.59 Å². The average Bonchev–Trinajstić information content (AvgIpc) is 2.66. The van der Waals surface area contributed by atoms with Crippen LogP contribution in [0.25, 0.3) is 21.9 Å². The number of hydrogen-bond acceptors (Lipinski definition) is 6. The van der Waals surface area contributed by atoms with Gasteiger partial charge in [0.1, 0.15) is 17.9 Å². The van der Waals surface area contributed by atoms with Crippen molar-refractivity contribution in [1.29, 1.82) is 0 Å². The van der Waals surface area contributed by atoms with E-state index in [0.29, 0.717) is 11.3 Å². The molecule has 1 amide bonds. The average molecular weight is 369 g/mol. The summed E-state index contributed by atoms with van der Waals surface area (Å²) in [7, 11) is 1.54. The molecule has 138 valence electrons. The van der Waals surface area contributed by atoms with E-state index in [1.165, 1.54) is 13.2 Å². The number of carboxylic acid groups (broad SMARTS) is 1. The number of benzene rings is 2. The third-order valence-corrected chi connectivity index (χ3v) is 3.94. The Morgan fingerprint density at radius 2 is 1.85 bits per heavy atom. The van der Waals surface area contributed by atoms with Crippen molar-refractivity contribution in [1.82, 2.24) is 5.32 Å². The van der Waals surface area contributed by atoms with Gasteiger partial charge in [-0.1, -0.05) is 18.2 Å². The second-order valence-corrected chi connectivity index (χ2v) is 5.64. The molecule has 0 saturated carbocycles. The van der Waals surface area contributed by atoms with E-state index in [0.717, 1.165) is 5.56 Å². The van der Waals surface area contributed by atoms with Crippen molar-refractivity contribution < 1.29 is 29.0 Å². The third-order valence-electron chi connectivity index (χ3n) is 3.94. The van der Waals surface area contributed by atoms with Crippen LogP contribution in [-0.2, 0) is 4.79 Å². The first-order chi connectivity index (χ1) is 12.9. The normalized spacial score (nSPS) is 10.6. The number of carboxylic acids is 1. The fraction of sp³-hybridized carbons (Fsp3) is 0.105. The van der Waals surface area contributed by atoms with Gasteiger partial charge in [0.25, 0.3) is 11.9 Å². The lowest BCUT2D eigenvalue weighted by Gasteiger charge is -2.10. The second-order valence-electron chi connectivity index (χ2n) is 5.64. The molecule has 1 aromatic heterocycles. The van der Waals surface area contributed by atoms with Crippen LogP contribution in [-0.4, -0.2) is 35.7 Å². The number of ether oxygens (including phenoxy) is 1. The summed E-state index contributed by atoms with van der Waals surface area (Å²) in [4.78, 5) is 35.0. The number of aromatic hydroxyl groups is 1. The molecule has 8 nitrogen and oxygen atoms in total. The number of amides is 1. The van der Waals surface area contributed by atoms with Crippen molar-refractivity contribution >= 4 is 22.6 Å². The predicted molar refractivity (Wildman–Crippen MR) is 96.1 cm³/mol. The lowest BCUT2D eigenvalue weighted by molar-refractivity contribution is -0.135. The van der Waals surface area contributed by atoms with Crippen LogP contribution in [0.15, 0.2) is 51.7 Å². The van der Waals surface area contributed by atoms with E-state index in [-0.39, 0.29) is 16.3 Å². The molecule has 3 aromatic rings. The summed E-state index contributed by atoms with van der Waals surface area (Å²) in [5.74, 6) is -2.37. The Morgan fingerprint density at radius 3 is 2.56 bits per heavy atom. The maximum atomic E-state index is 12.3. The zero-order valence-corrected chi connectivity index (χ0v) is 14.2. The monoisotopic (exact) mass is 369 g/mol. The van der Waals surface area contributed by atoms with Crippen LogP contribution in [0.4, 0.5) is 0 Å². The Hall–Kier alpha value is -3.81. The quantitative estimate of drug-likeness (QED) is 0.628. The molecular formula is C19H15NO7. The lowest BCUT2D eigenvalue weighted by Crippen LogP contribution is -2.29. The third kappa shape index (κ3) is 3.59. The lowest BCUT2D eigenvalue weighted by atomic mass is 9.99. The standard InChI is InChI=1S/C19H15NO7/c1-26-12-4-2-3-10(7-12)11-5-6-13-14(8-11)16(19(25)27-18(13)24)17(23)20-9-15(21)22/h2-8,25H,9H2,1H3,(H,20,23)(H,21,22). The van der Waals surface area contributed by atoms with Gasteiger partial charge in [-0.2, -0.15) is 0 Å². The van der Waals surface area contributed by atoms with Crippen LogP contribution in [0.2, 0.25) is 0 Å². The first-order valence-electron chi connectivity index (χ1n) is 7.85. The predicted octanol–water partition coefficient (Wildman–Crippen LogP) is 1.99. The summed E-state index contributed by atoms with van der Waals surface area (Å²) >= 11 is 0. The number of methoxy groups -OCH3 is 1. The van der Waals surface area contributed by atoms with Gasteiger partial charge in [-0.25, -0.2) is 4.79 Å². The molecule has 0 spiro atoms. The molecular weight excluding hydrogens is 354 g/mol. The molecule has 8 heteroatoms. The minimum atomic E-state index is -1.25. The van der Waals surface area contributed by atoms with Crippen molar-refractivity contribution in [3.05, 3.63) is 58.4 Å². The topological polar surface area (TPSA) is 126 Å². The van der Waals surface area contributed by atoms with Crippen molar-refractivity contribution in [2.45, 2.75) is 0 Å². The largest absolute Gasteiger partial charge is 0.497 e. The van der Waals surface area contributed by atoms with Crippen molar-refractivity contribution in [2.24, 2.45) is 0 Å². The molecule has 3 rings (SSSR count). The highest BCUT2D eigenvalue weighted by atomic mass is 16.5. The van der Waals surface area contributed by atoms with Crippen LogP contribution < -0.4 is 15.7 Å². The molecule has 0 unspecified atom stereocenters. The number of carbonyl (C=O) groups excluding carboxylic acids is 1. The fourth-order valence-electron chi connectivity index (χ4n) is 2.68. The Bertz CT molecular complexity index is 1100. The zero-order valence-electron chi connectivity index (χ0n) is 14.2. The molecule has 0 aliphatic carbocycles. The van der Waals surface area contributed by atoms with E-state index in [2.05, 4.69) is 5.32 Å². The number of rotatable bonds is 5. The van der Waals surface area contributed by atoms with E-state index in [1.54, 1.807) is 30.3 Å². The zero-order chi connectivity index (χ0) is 19.6. The minimum Gasteiger partial charge on any atom is -0.497 e. The summed E-state index contributed by atoms with van der Waals surface area (Å²) in [6, 6.07) is 11.9. The maximum Gasteiger partial charge on any atom is 0.346 e. The Kier molecular flexibility index (Phi) is 4.80. The molecule has 1 heterocycles. The Morgan fingerprint density at radius 1 is 1.11 bits per heavy atom. The summed E-state index contributed by atoms with van der Waals surface area (Å²) in [6.45, 7) is -0.644. The number of hydrogen-bond donors (Lipinski definition) is 3. The number of carbonyl (C=O) groups is 2. The second kappa shape index (κ2) is 7.20. The van der Waals surface area contributed by atoms with E-state index < -0.39 is 30.0 Å². The van der Waals surface area contributed by atoms with Crippen LogP contribution in [0.1, 0.15) is 10.4 Å². The van der Waals surface area contributed by atoms with E-state index in [9.17, 15) is 19.5 Å². The van der Waals surface area contributed by atoms with Crippen LogP contribution in [0, 0.1) is 0 Å². The van der Waals surface area contributed by atoms with Crippen LogP contribution in [0.5, 0.6) is 11.7 Å². The van der Waals surface area contributed by atoms with E-state index in [4.69, 9.17) is 14.3 Å². The van der Waals surface area contributed by atoms with E-state index in [1.807, 2.05) is 6.07 Å².